The molecule has 1 aliphatic carbocycles. The molecule has 1 N–H and O–H groups in total. The van der Waals surface area contributed by atoms with E-state index in [1.54, 1.807) is 0 Å². The van der Waals surface area contributed by atoms with Crippen LogP contribution in [0.4, 0.5) is 0 Å². The van der Waals surface area contributed by atoms with E-state index in [4.69, 9.17) is 28.3 Å². The lowest BCUT2D eigenvalue weighted by molar-refractivity contribution is 0.178. The third-order valence-electron chi connectivity index (χ3n) is 3.30. The second-order valence-electron chi connectivity index (χ2n) is 4.50. The molecule has 1 aromatic carbocycles. The SMILES string of the molecule is O=S(=O)(c1ccc(Cl)c(Cl)c1)N(CCO)C1CCC1. The van der Waals surface area contributed by atoms with E-state index < -0.39 is 10.0 Å². The monoisotopic (exact) mass is 323 g/mol. The smallest absolute Gasteiger partial charge is 0.243 e. The van der Waals surface area contributed by atoms with E-state index in [0.717, 1.165) is 19.3 Å². The van der Waals surface area contributed by atoms with Gasteiger partial charge in [0.25, 0.3) is 0 Å². The number of nitrogens with zero attached hydrogens (tertiary/aromatic N) is 1. The fourth-order valence-corrected chi connectivity index (χ4v) is 4.11. The van der Waals surface area contributed by atoms with Crippen molar-refractivity contribution in [2.75, 3.05) is 13.2 Å². The van der Waals surface area contributed by atoms with Crippen LogP contribution in [0, 0.1) is 0 Å². The third-order valence-corrected chi connectivity index (χ3v) is 5.99. The largest absolute Gasteiger partial charge is 0.395 e. The predicted octanol–water partition coefficient (Wildman–Crippen LogP) is 2.53. The van der Waals surface area contributed by atoms with Crippen molar-refractivity contribution in [2.24, 2.45) is 0 Å². The summed E-state index contributed by atoms with van der Waals surface area (Å²) in [5.74, 6) is 0. The van der Waals surface area contributed by atoms with Crippen molar-refractivity contribution in [3.05, 3.63) is 28.2 Å². The first-order valence-corrected chi connectivity index (χ1v) is 8.24. The van der Waals surface area contributed by atoms with Crippen LogP contribution < -0.4 is 0 Å². The highest BCUT2D eigenvalue weighted by atomic mass is 35.5. The number of benzene rings is 1. The second-order valence-corrected chi connectivity index (χ2v) is 7.20. The van der Waals surface area contributed by atoms with Gasteiger partial charge >= 0.3 is 0 Å². The van der Waals surface area contributed by atoms with Gasteiger partial charge in [-0.2, -0.15) is 4.31 Å². The fraction of sp³-hybridized carbons (Fsp3) is 0.500. The van der Waals surface area contributed by atoms with Crippen LogP contribution in [0.1, 0.15) is 19.3 Å². The van der Waals surface area contributed by atoms with Crippen LogP contribution in [0.5, 0.6) is 0 Å². The highest BCUT2D eigenvalue weighted by molar-refractivity contribution is 7.89. The van der Waals surface area contributed by atoms with Gasteiger partial charge in [-0.05, 0) is 31.0 Å². The van der Waals surface area contributed by atoms with Gasteiger partial charge in [0, 0.05) is 12.6 Å². The molecule has 0 aliphatic heterocycles. The van der Waals surface area contributed by atoms with E-state index in [-0.39, 0.29) is 29.1 Å². The van der Waals surface area contributed by atoms with Crippen molar-refractivity contribution in [3.8, 4) is 0 Å². The van der Waals surface area contributed by atoms with Gasteiger partial charge < -0.3 is 5.11 Å². The molecule has 1 fully saturated rings. The lowest BCUT2D eigenvalue weighted by Crippen LogP contribution is -2.45. The predicted molar refractivity (Wildman–Crippen MR) is 75.1 cm³/mol. The van der Waals surface area contributed by atoms with Gasteiger partial charge in [-0.3, -0.25) is 0 Å². The second kappa shape index (κ2) is 5.97. The first-order chi connectivity index (χ1) is 8.96. The summed E-state index contributed by atoms with van der Waals surface area (Å²) in [7, 11) is -3.63. The zero-order valence-corrected chi connectivity index (χ0v) is 12.5. The molecule has 2 rings (SSSR count). The summed E-state index contributed by atoms with van der Waals surface area (Å²) in [6, 6.07) is 4.23. The molecule has 0 bridgehead atoms. The van der Waals surface area contributed by atoms with Gasteiger partial charge in [-0.1, -0.05) is 29.6 Å². The van der Waals surface area contributed by atoms with Crippen molar-refractivity contribution in [3.63, 3.8) is 0 Å². The summed E-state index contributed by atoms with van der Waals surface area (Å²) in [6.45, 7) is -0.0930. The molecule has 1 aliphatic rings. The Labute approximate surface area is 123 Å². The lowest BCUT2D eigenvalue weighted by atomic mass is 9.93. The van der Waals surface area contributed by atoms with Crippen LogP contribution in [0.3, 0.4) is 0 Å². The molecular weight excluding hydrogens is 309 g/mol. The summed E-state index contributed by atoms with van der Waals surface area (Å²) < 4.78 is 26.4. The van der Waals surface area contributed by atoms with Gasteiger partial charge in [0.15, 0.2) is 0 Å². The Morgan fingerprint density at radius 2 is 1.95 bits per heavy atom. The average molecular weight is 324 g/mol. The minimum Gasteiger partial charge on any atom is -0.395 e. The summed E-state index contributed by atoms with van der Waals surface area (Å²) in [5, 5.41) is 9.59. The normalized spacial score (nSPS) is 16.6. The maximum absolute atomic E-state index is 12.5. The summed E-state index contributed by atoms with van der Waals surface area (Å²) in [6.07, 6.45) is 2.69. The van der Waals surface area contributed by atoms with Crippen molar-refractivity contribution >= 4 is 33.2 Å². The van der Waals surface area contributed by atoms with Crippen LogP contribution in [0.25, 0.3) is 0 Å². The molecule has 0 atom stereocenters. The Morgan fingerprint density at radius 3 is 2.42 bits per heavy atom. The summed E-state index contributed by atoms with van der Waals surface area (Å²) >= 11 is 11.7. The standard InChI is InChI=1S/C12H15Cl2NO3S/c13-11-5-4-10(8-12(11)14)19(17,18)15(6-7-16)9-2-1-3-9/h4-5,8-9,16H,1-3,6-7H2. The van der Waals surface area contributed by atoms with E-state index >= 15 is 0 Å². The highest BCUT2D eigenvalue weighted by Gasteiger charge is 2.34. The first-order valence-electron chi connectivity index (χ1n) is 6.04. The molecule has 0 radical (unpaired) electrons. The minimum atomic E-state index is -3.63. The quantitative estimate of drug-likeness (QED) is 0.905. The minimum absolute atomic E-state index is 0.0217. The molecule has 0 aromatic heterocycles. The summed E-state index contributed by atoms with van der Waals surface area (Å²) in [4.78, 5) is 0.113. The van der Waals surface area contributed by atoms with E-state index in [1.807, 2.05) is 0 Å². The molecule has 1 aromatic rings. The van der Waals surface area contributed by atoms with E-state index in [1.165, 1.54) is 22.5 Å². The van der Waals surface area contributed by atoms with Crippen molar-refractivity contribution in [1.29, 1.82) is 0 Å². The number of hydrogen-bond donors (Lipinski definition) is 1. The van der Waals surface area contributed by atoms with Crippen molar-refractivity contribution < 1.29 is 13.5 Å². The van der Waals surface area contributed by atoms with Gasteiger partial charge in [-0.15, -0.1) is 0 Å². The Bertz CT molecular complexity index is 558. The molecule has 106 valence electrons. The van der Waals surface area contributed by atoms with Crippen LogP contribution in [0.15, 0.2) is 23.1 Å². The van der Waals surface area contributed by atoms with Crippen LogP contribution in [-0.2, 0) is 10.0 Å². The zero-order chi connectivity index (χ0) is 14.0. The Hall–Kier alpha value is -0.330. The highest BCUT2D eigenvalue weighted by Crippen LogP contribution is 2.32. The number of hydrogen-bond acceptors (Lipinski definition) is 3. The molecule has 19 heavy (non-hydrogen) atoms. The topological polar surface area (TPSA) is 57.6 Å². The van der Waals surface area contributed by atoms with Gasteiger partial charge in [0.05, 0.1) is 21.5 Å². The first kappa shape index (κ1) is 15.1. The summed E-state index contributed by atoms with van der Waals surface area (Å²) in [5.41, 5.74) is 0. The number of sulfonamides is 1. The van der Waals surface area contributed by atoms with Gasteiger partial charge in [-0.25, -0.2) is 8.42 Å². The number of rotatable bonds is 5. The van der Waals surface area contributed by atoms with E-state index in [2.05, 4.69) is 0 Å². The maximum Gasteiger partial charge on any atom is 0.243 e. The van der Waals surface area contributed by atoms with Gasteiger partial charge in [0.1, 0.15) is 0 Å². The Balaban J connectivity index is 2.35. The number of aliphatic hydroxyl groups is 1. The molecular formula is C12H15Cl2NO3S. The van der Waals surface area contributed by atoms with E-state index in [0.29, 0.717) is 5.02 Å². The molecule has 0 saturated heterocycles. The Kier molecular flexibility index (Phi) is 4.74. The lowest BCUT2D eigenvalue weighted by Gasteiger charge is -2.36. The number of halogens is 2. The van der Waals surface area contributed by atoms with Crippen LogP contribution in [0.2, 0.25) is 10.0 Å². The van der Waals surface area contributed by atoms with Gasteiger partial charge in [0.2, 0.25) is 10.0 Å². The van der Waals surface area contributed by atoms with Crippen molar-refractivity contribution in [1.82, 2.24) is 4.31 Å². The maximum atomic E-state index is 12.5. The van der Waals surface area contributed by atoms with Crippen molar-refractivity contribution in [2.45, 2.75) is 30.2 Å². The van der Waals surface area contributed by atoms with Crippen LogP contribution >= 0.6 is 23.2 Å². The molecule has 0 spiro atoms. The number of aliphatic hydroxyl groups excluding tert-OH is 1. The molecule has 0 unspecified atom stereocenters. The van der Waals surface area contributed by atoms with Crippen LogP contribution in [-0.4, -0.2) is 37.0 Å². The fourth-order valence-electron chi connectivity index (χ4n) is 2.04. The third kappa shape index (κ3) is 3.06. The Morgan fingerprint density at radius 1 is 1.26 bits per heavy atom. The molecule has 0 heterocycles. The molecule has 7 heteroatoms. The molecule has 4 nitrogen and oxygen atoms in total. The molecule has 1 saturated carbocycles. The zero-order valence-electron chi connectivity index (χ0n) is 10.2. The average Bonchev–Trinajstić information content (AvgIpc) is 2.29. The molecule has 0 amide bonds. The van der Waals surface area contributed by atoms with E-state index in [9.17, 15) is 8.42 Å².